The first kappa shape index (κ1) is 22.7. The number of aryl methyl sites for hydroxylation is 1. The van der Waals surface area contributed by atoms with Gasteiger partial charge in [0.05, 0.1) is 24.4 Å². The summed E-state index contributed by atoms with van der Waals surface area (Å²) in [6, 6.07) is 15.1. The number of fused-ring (bicyclic) bond motifs is 1. The summed E-state index contributed by atoms with van der Waals surface area (Å²) < 4.78 is 5.91. The number of hydrogen-bond acceptors (Lipinski definition) is 7. The fourth-order valence-corrected chi connectivity index (χ4v) is 5.12. The number of nitrogens with zero attached hydrogens (tertiary/aromatic N) is 4. The Balaban J connectivity index is 1.39. The molecule has 1 aromatic carbocycles. The van der Waals surface area contributed by atoms with Gasteiger partial charge in [0.15, 0.2) is 0 Å². The van der Waals surface area contributed by atoms with Crippen molar-refractivity contribution >= 4 is 28.1 Å². The fraction of sp³-hybridized carbons (Fsp3) is 0.370. The fourth-order valence-electron chi connectivity index (χ4n) is 4.05. The van der Waals surface area contributed by atoms with E-state index in [1.165, 1.54) is 33.7 Å². The predicted molar refractivity (Wildman–Crippen MR) is 139 cm³/mol. The summed E-state index contributed by atoms with van der Waals surface area (Å²) in [6.07, 6.45) is 4.29. The molecule has 1 atom stereocenters. The first-order chi connectivity index (χ1) is 16.5. The topological polar surface area (TPSA) is 63.2 Å². The van der Waals surface area contributed by atoms with Gasteiger partial charge in [-0.2, -0.15) is 0 Å². The van der Waals surface area contributed by atoms with Crippen LogP contribution in [0.2, 0.25) is 0 Å². The van der Waals surface area contributed by atoms with E-state index in [1.54, 1.807) is 6.20 Å². The summed E-state index contributed by atoms with van der Waals surface area (Å²) in [6.45, 7) is 5.74. The van der Waals surface area contributed by atoms with Crippen molar-refractivity contribution in [3.05, 3.63) is 64.9 Å². The number of aromatic nitrogens is 3. The molecule has 0 spiro atoms. The molecule has 1 fully saturated rings. The van der Waals surface area contributed by atoms with Crippen LogP contribution in [0, 0.1) is 12.8 Å². The second-order valence-corrected chi connectivity index (χ2v) is 10.5. The number of rotatable bonds is 9. The third-order valence-corrected chi connectivity index (χ3v) is 7.31. The summed E-state index contributed by atoms with van der Waals surface area (Å²) in [5.74, 6) is 2.86. The second kappa shape index (κ2) is 9.68. The largest absolute Gasteiger partial charge is 0.477 e. The molecule has 1 N–H and O–H groups in total. The maximum atomic E-state index is 5.91. The minimum atomic E-state index is 0.0984. The highest BCUT2D eigenvalue weighted by atomic mass is 32.1. The van der Waals surface area contributed by atoms with Crippen molar-refractivity contribution in [2.24, 2.45) is 5.92 Å². The van der Waals surface area contributed by atoms with Gasteiger partial charge in [0.25, 0.3) is 0 Å². The molecule has 4 aromatic rings. The van der Waals surface area contributed by atoms with Crippen LogP contribution >= 0.6 is 11.3 Å². The molecule has 176 valence electrons. The van der Waals surface area contributed by atoms with Crippen molar-refractivity contribution in [1.82, 2.24) is 19.9 Å². The minimum Gasteiger partial charge on any atom is -0.477 e. The summed E-state index contributed by atoms with van der Waals surface area (Å²) in [4.78, 5) is 18.5. The Bertz CT molecular complexity index is 1300. The van der Waals surface area contributed by atoms with Crippen LogP contribution in [-0.4, -0.2) is 40.6 Å². The molecule has 34 heavy (non-hydrogen) atoms. The molecule has 0 bridgehead atoms. The van der Waals surface area contributed by atoms with Crippen molar-refractivity contribution in [2.45, 2.75) is 39.3 Å². The number of hydrogen-bond donors (Lipinski definition) is 1. The van der Waals surface area contributed by atoms with Gasteiger partial charge in [-0.1, -0.05) is 24.3 Å². The molecule has 3 aromatic heterocycles. The molecule has 1 aliphatic carbocycles. The van der Waals surface area contributed by atoms with Gasteiger partial charge in [-0.3, -0.25) is 0 Å². The molecular weight excluding hydrogens is 442 g/mol. The van der Waals surface area contributed by atoms with Gasteiger partial charge in [-0.05, 0) is 70.0 Å². The average molecular weight is 474 g/mol. The number of nitrogens with one attached hydrogen (secondary N) is 1. The average Bonchev–Trinajstić information content (AvgIpc) is 3.51. The summed E-state index contributed by atoms with van der Waals surface area (Å²) >= 11 is 1.82. The van der Waals surface area contributed by atoms with E-state index in [9.17, 15) is 0 Å². The highest BCUT2D eigenvalue weighted by Gasteiger charge is 2.22. The van der Waals surface area contributed by atoms with Crippen molar-refractivity contribution in [1.29, 1.82) is 0 Å². The smallest absolute Gasteiger partial charge is 0.214 e. The molecule has 1 aliphatic rings. The van der Waals surface area contributed by atoms with Crippen LogP contribution in [0.3, 0.4) is 0 Å². The number of thiophene rings is 1. The summed E-state index contributed by atoms with van der Waals surface area (Å²) in [7, 11) is 4.21. The van der Waals surface area contributed by atoms with Crippen LogP contribution in [0.25, 0.3) is 21.3 Å². The highest BCUT2D eigenvalue weighted by Crippen LogP contribution is 2.36. The van der Waals surface area contributed by atoms with Crippen LogP contribution in [0.15, 0.2) is 48.7 Å². The quantitative estimate of drug-likeness (QED) is 0.318. The van der Waals surface area contributed by atoms with Gasteiger partial charge >= 0.3 is 0 Å². The van der Waals surface area contributed by atoms with E-state index in [-0.39, 0.29) is 6.04 Å². The van der Waals surface area contributed by atoms with E-state index in [2.05, 4.69) is 77.6 Å². The van der Waals surface area contributed by atoms with E-state index < -0.39 is 0 Å². The Morgan fingerprint density at radius 3 is 2.76 bits per heavy atom. The molecule has 0 aliphatic heterocycles. The zero-order chi connectivity index (χ0) is 23.7. The van der Waals surface area contributed by atoms with E-state index in [0.717, 1.165) is 35.7 Å². The van der Waals surface area contributed by atoms with Gasteiger partial charge in [0.1, 0.15) is 11.6 Å². The Morgan fingerprint density at radius 1 is 1.15 bits per heavy atom. The zero-order valence-corrected chi connectivity index (χ0v) is 21.0. The molecule has 0 saturated heterocycles. The first-order valence-electron chi connectivity index (χ1n) is 11.8. The highest BCUT2D eigenvalue weighted by molar-refractivity contribution is 7.15. The molecule has 5 rings (SSSR count). The van der Waals surface area contributed by atoms with Crippen molar-refractivity contribution in [2.75, 3.05) is 26.0 Å². The first-order valence-corrected chi connectivity index (χ1v) is 12.6. The number of pyridine rings is 1. The molecule has 0 radical (unpaired) electrons. The van der Waals surface area contributed by atoms with Gasteiger partial charge in [-0.15, -0.1) is 11.3 Å². The zero-order valence-electron chi connectivity index (χ0n) is 20.2. The van der Waals surface area contributed by atoms with Gasteiger partial charge in [0, 0.05) is 27.8 Å². The Morgan fingerprint density at radius 2 is 1.97 bits per heavy atom. The van der Waals surface area contributed by atoms with E-state index in [1.807, 2.05) is 24.3 Å². The standard InChI is InChI=1S/C27H31N5OS/c1-17(24-11-12-25(34-24)21-8-6-5-7-20(21)15-32(3)4)29-27-22-13-26(33-16-19-9-10-19)28-14-23(22)30-18(2)31-27/h5-8,11-14,17,19H,9-10,15-16H2,1-4H3,(H,29,30,31). The summed E-state index contributed by atoms with van der Waals surface area (Å²) in [5, 5.41) is 4.56. The third kappa shape index (κ3) is 5.21. The van der Waals surface area contributed by atoms with Crippen LogP contribution in [-0.2, 0) is 6.54 Å². The van der Waals surface area contributed by atoms with Gasteiger partial charge < -0.3 is 15.0 Å². The summed E-state index contributed by atoms with van der Waals surface area (Å²) in [5.41, 5.74) is 3.46. The molecule has 3 heterocycles. The third-order valence-electron chi connectivity index (χ3n) is 6.01. The number of anilines is 1. The molecular formula is C27H31N5OS. The molecule has 1 unspecified atom stereocenters. The van der Waals surface area contributed by atoms with Crippen LogP contribution in [0.1, 0.15) is 42.1 Å². The number of benzene rings is 1. The number of ether oxygens (including phenoxy) is 1. The Labute approximate surface area is 205 Å². The SMILES string of the molecule is Cc1nc(NC(C)c2ccc(-c3ccccc3CN(C)C)s2)c2cc(OCC3CC3)ncc2n1. The van der Waals surface area contributed by atoms with Gasteiger partial charge in [0.2, 0.25) is 5.88 Å². The molecule has 0 amide bonds. The van der Waals surface area contributed by atoms with E-state index >= 15 is 0 Å². The van der Waals surface area contributed by atoms with Crippen LogP contribution in [0.5, 0.6) is 5.88 Å². The van der Waals surface area contributed by atoms with Crippen molar-refractivity contribution < 1.29 is 4.74 Å². The van der Waals surface area contributed by atoms with Crippen LogP contribution < -0.4 is 10.1 Å². The molecule has 1 saturated carbocycles. The van der Waals surface area contributed by atoms with Crippen molar-refractivity contribution in [3.63, 3.8) is 0 Å². The lowest BCUT2D eigenvalue weighted by molar-refractivity contribution is 0.289. The lowest BCUT2D eigenvalue weighted by Crippen LogP contribution is -2.11. The lowest BCUT2D eigenvalue weighted by Gasteiger charge is -2.16. The molecule has 6 nitrogen and oxygen atoms in total. The van der Waals surface area contributed by atoms with Crippen molar-refractivity contribution in [3.8, 4) is 16.3 Å². The Hall–Kier alpha value is -3.03. The molecule has 7 heteroatoms. The maximum Gasteiger partial charge on any atom is 0.214 e. The predicted octanol–water partition coefficient (Wildman–Crippen LogP) is 6.09. The monoisotopic (exact) mass is 473 g/mol. The van der Waals surface area contributed by atoms with Gasteiger partial charge in [-0.25, -0.2) is 15.0 Å². The second-order valence-electron chi connectivity index (χ2n) is 9.38. The minimum absolute atomic E-state index is 0.0984. The van der Waals surface area contributed by atoms with Crippen LogP contribution in [0.4, 0.5) is 5.82 Å². The normalized spacial score (nSPS) is 14.5. The lowest BCUT2D eigenvalue weighted by atomic mass is 10.1. The maximum absolute atomic E-state index is 5.91. The van der Waals surface area contributed by atoms with E-state index in [0.29, 0.717) is 11.8 Å². The van der Waals surface area contributed by atoms with E-state index in [4.69, 9.17) is 9.72 Å². The Kier molecular flexibility index (Phi) is 6.48.